The maximum absolute atomic E-state index is 12.5. The van der Waals surface area contributed by atoms with Crippen LogP contribution in [0.4, 0.5) is 14.5 Å². The maximum atomic E-state index is 12.5. The lowest BCUT2D eigenvalue weighted by Crippen LogP contribution is -2.58. The van der Waals surface area contributed by atoms with Gasteiger partial charge in [-0.15, -0.1) is 0 Å². The average molecular weight is 213 g/mol. The molecule has 1 aliphatic heterocycles. The van der Waals surface area contributed by atoms with Crippen LogP contribution in [0.25, 0.3) is 0 Å². The number of amides is 1. The molecule has 1 amide bonds. The smallest absolute Gasteiger partial charge is 0.282 e. The number of pyridine rings is 1. The summed E-state index contributed by atoms with van der Waals surface area (Å²) in [5.41, 5.74) is 5.95. The van der Waals surface area contributed by atoms with E-state index in [4.69, 9.17) is 5.73 Å². The molecule has 6 heteroatoms. The number of alkyl halides is 2. The molecule has 1 fully saturated rings. The summed E-state index contributed by atoms with van der Waals surface area (Å²) < 4.78 is 25.0. The van der Waals surface area contributed by atoms with Crippen LogP contribution >= 0.6 is 0 Å². The Hall–Kier alpha value is -1.72. The molecule has 2 heterocycles. The summed E-state index contributed by atoms with van der Waals surface area (Å²) in [6.07, 6.45) is 1.32. The predicted octanol–water partition coefficient (Wildman–Crippen LogP) is 0.755. The Morgan fingerprint density at radius 1 is 1.47 bits per heavy atom. The number of likely N-dealkylation sites (tertiary alicyclic amines) is 1. The Balaban J connectivity index is 2.07. The van der Waals surface area contributed by atoms with E-state index in [0.717, 1.165) is 4.90 Å². The normalized spacial score (nSPS) is 18.4. The van der Waals surface area contributed by atoms with Crippen LogP contribution in [0.15, 0.2) is 18.3 Å². The van der Waals surface area contributed by atoms with Gasteiger partial charge in [0, 0.05) is 0 Å². The van der Waals surface area contributed by atoms with Crippen LogP contribution in [0.2, 0.25) is 0 Å². The van der Waals surface area contributed by atoms with Crippen molar-refractivity contribution in [3.05, 3.63) is 24.0 Å². The van der Waals surface area contributed by atoms with Crippen molar-refractivity contribution in [1.29, 1.82) is 0 Å². The number of nitrogens with two attached hydrogens (primary N) is 1. The zero-order valence-electron chi connectivity index (χ0n) is 7.78. The minimum absolute atomic E-state index is 0.139. The van der Waals surface area contributed by atoms with Crippen LogP contribution in [-0.2, 0) is 0 Å². The third-order valence-corrected chi connectivity index (χ3v) is 2.14. The number of aromatic nitrogens is 1. The average Bonchev–Trinajstić information content (AvgIpc) is 2.14. The number of nitrogen functional groups attached to an aromatic ring is 1. The summed E-state index contributed by atoms with van der Waals surface area (Å²) in [4.78, 5) is 16.3. The molecule has 1 aromatic rings. The monoisotopic (exact) mass is 213 g/mol. The highest BCUT2D eigenvalue weighted by Gasteiger charge is 2.46. The van der Waals surface area contributed by atoms with E-state index in [2.05, 4.69) is 4.98 Å². The van der Waals surface area contributed by atoms with Crippen molar-refractivity contribution in [3.8, 4) is 0 Å². The minimum atomic E-state index is -2.75. The molecule has 0 bridgehead atoms. The second-order valence-electron chi connectivity index (χ2n) is 3.49. The summed E-state index contributed by atoms with van der Waals surface area (Å²) in [5.74, 6) is -3.23. The van der Waals surface area contributed by atoms with Crippen LogP contribution in [-0.4, -0.2) is 34.8 Å². The molecule has 0 atom stereocenters. The Morgan fingerprint density at radius 3 is 2.60 bits per heavy atom. The Kier molecular flexibility index (Phi) is 2.06. The van der Waals surface area contributed by atoms with Crippen molar-refractivity contribution in [2.24, 2.45) is 0 Å². The fraction of sp³-hybridized carbons (Fsp3) is 0.333. The van der Waals surface area contributed by atoms with Gasteiger partial charge in [0.25, 0.3) is 11.8 Å². The number of carbonyl (C=O) groups excluding carboxylic acids is 1. The van der Waals surface area contributed by atoms with Gasteiger partial charge in [0.2, 0.25) is 0 Å². The van der Waals surface area contributed by atoms with E-state index in [1.54, 1.807) is 0 Å². The molecule has 0 radical (unpaired) electrons. The molecule has 80 valence electrons. The van der Waals surface area contributed by atoms with Gasteiger partial charge in [-0.1, -0.05) is 0 Å². The van der Waals surface area contributed by atoms with Crippen LogP contribution in [0, 0.1) is 0 Å². The van der Waals surface area contributed by atoms with Gasteiger partial charge in [0.15, 0.2) is 0 Å². The zero-order chi connectivity index (χ0) is 11.1. The molecule has 4 nitrogen and oxygen atoms in total. The lowest BCUT2D eigenvalue weighted by Gasteiger charge is -2.38. The van der Waals surface area contributed by atoms with Crippen molar-refractivity contribution in [3.63, 3.8) is 0 Å². The number of anilines is 1. The fourth-order valence-electron chi connectivity index (χ4n) is 1.35. The van der Waals surface area contributed by atoms with Crippen molar-refractivity contribution >= 4 is 11.6 Å². The van der Waals surface area contributed by atoms with E-state index >= 15 is 0 Å². The molecule has 1 saturated heterocycles. The highest BCUT2D eigenvalue weighted by atomic mass is 19.3. The number of rotatable bonds is 1. The number of nitrogens with zero attached hydrogens (tertiary/aromatic N) is 2. The molecular weight excluding hydrogens is 204 g/mol. The molecule has 0 unspecified atom stereocenters. The molecule has 1 aromatic heterocycles. The van der Waals surface area contributed by atoms with Crippen molar-refractivity contribution in [1.82, 2.24) is 9.88 Å². The van der Waals surface area contributed by atoms with Gasteiger partial charge in [0.05, 0.1) is 25.0 Å². The second kappa shape index (κ2) is 3.15. The molecule has 15 heavy (non-hydrogen) atoms. The summed E-state index contributed by atoms with van der Waals surface area (Å²) >= 11 is 0. The van der Waals surface area contributed by atoms with Crippen LogP contribution in [0.1, 0.15) is 10.5 Å². The quantitative estimate of drug-likeness (QED) is 0.749. The van der Waals surface area contributed by atoms with Crippen LogP contribution in [0.5, 0.6) is 0 Å². The maximum Gasteiger partial charge on any atom is 0.282 e. The highest BCUT2D eigenvalue weighted by molar-refractivity contribution is 5.93. The van der Waals surface area contributed by atoms with Crippen molar-refractivity contribution in [2.45, 2.75) is 5.92 Å². The first kappa shape index (κ1) is 9.82. The molecular formula is C9H9F2N3O. The van der Waals surface area contributed by atoms with Crippen LogP contribution in [0.3, 0.4) is 0 Å². The second-order valence-corrected chi connectivity index (χ2v) is 3.49. The van der Waals surface area contributed by atoms with E-state index in [1.165, 1.54) is 18.3 Å². The number of hydrogen-bond donors (Lipinski definition) is 1. The van der Waals surface area contributed by atoms with Gasteiger partial charge >= 0.3 is 0 Å². The third-order valence-electron chi connectivity index (χ3n) is 2.14. The molecule has 0 aliphatic carbocycles. The van der Waals surface area contributed by atoms with E-state index in [1.807, 2.05) is 0 Å². The lowest BCUT2D eigenvalue weighted by molar-refractivity contribution is -0.113. The first-order valence-electron chi connectivity index (χ1n) is 4.37. The molecule has 1 aliphatic rings. The minimum Gasteiger partial charge on any atom is -0.397 e. The molecule has 0 aromatic carbocycles. The SMILES string of the molecule is Nc1ccc(C(=O)N2CC(F)(F)C2)nc1. The molecule has 2 N–H and O–H groups in total. The summed E-state index contributed by atoms with van der Waals surface area (Å²) in [6, 6.07) is 2.94. The number of carbonyl (C=O) groups is 1. The van der Waals surface area contributed by atoms with Gasteiger partial charge in [-0.2, -0.15) is 0 Å². The first-order valence-corrected chi connectivity index (χ1v) is 4.37. The van der Waals surface area contributed by atoms with E-state index < -0.39 is 24.9 Å². The molecule has 2 rings (SSSR count). The zero-order valence-corrected chi connectivity index (χ0v) is 7.78. The third kappa shape index (κ3) is 1.88. The predicted molar refractivity (Wildman–Crippen MR) is 49.5 cm³/mol. The van der Waals surface area contributed by atoms with E-state index in [0.29, 0.717) is 5.69 Å². The van der Waals surface area contributed by atoms with Crippen molar-refractivity contribution in [2.75, 3.05) is 18.8 Å². The van der Waals surface area contributed by atoms with E-state index in [9.17, 15) is 13.6 Å². The summed E-state index contributed by atoms with van der Waals surface area (Å²) in [6.45, 7) is -1.06. The van der Waals surface area contributed by atoms with Gasteiger partial charge < -0.3 is 10.6 Å². The first-order chi connectivity index (χ1) is 6.98. The van der Waals surface area contributed by atoms with Gasteiger partial charge in [-0.05, 0) is 12.1 Å². The topological polar surface area (TPSA) is 59.2 Å². The number of hydrogen-bond acceptors (Lipinski definition) is 3. The number of halogens is 2. The standard InChI is InChI=1S/C9H9F2N3O/c10-9(11)4-14(5-9)8(15)7-2-1-6(12)3-13-7/h1-3H,4-5,12H2. The fourth-order valence-corrected chi connectivity index (χ4v) is 1.35. The van der Waals surface area contributed by atoms with Crippen molar-refractivity contribution < 1.29 is 13.6 Å². The lowest BCUT2D eigenvalue weighted by atomic mass is 10.1. The Bertz CT molecular complexity index is 383. The van der Waals surface area contributed by atoms with Gasteiger partial charge in [-0.25, -0.2) is 13.8 Å². The van der Waals surface area contributed by atoms with Gasteiger partial charge in [0.1, 0.15) is 5.69 Å². The Morgan fingerprint density at radius 2 is 2.13 bits per heavy atom. The Labute approximate surface area is 84.7 Å². The highest BCUT2D eigenvalue weighted by Crippen LogP contribution is 2.27. The van der Waals surface area contributed by atoms with Crippen LogP contribution < -0.4 is 5.73 Å². The van der Waals surface area contributed by atoms with Gasteiger partial charge in [-0.3, -0.25) is 4.79 Å². The molecule has 0 spiro atoms. The largest absolute Gasteiger partial charge is 0.397 e. The summed E-state index contributed by atoms with van der Waals surface area (Å²) in [7, 11) is 0. The summed E-state index contributed by atoms with van der Waals surface area (Å²) in [5, 5.41) is 0. The van der Waals surface area contributed by atoms with E-state index in [-0.39, 0.29) is 5.69 Å². The molecule has 0 saturated carbocycles.